The fourth-order valence-corrected chi connectivity index (χ4v) is 2.15. The Kier molecular flexibility index (Phi) is 4.55. The minimum Gasteiger partial charge on any atom is -0.337 e. The van der Waals surface area contributed by atoms with Crippen molar-refractivity contribution < 1.29 is 9.72 Å². The van der Waals surface area contributed by atoms with Crippen molar-refractivity contribution >= 4 is 23.2 Å². The summed E-state index contributed by atoms with van der Waals surface area (Å²) in [5.41, 5.74) is 1.19. The molecule has 21 heavy (non-hydrogen) atoms. The standard InChI is InChI=1S/C15H13ClN2O3/c1-17(15(19)12-5-3-6-13(16)9-12)10-11-4-2-7-14(8-11)18(20)21/h2-9H,10H2,1H3. The molecule has 0 unspecified atom stereocenters. The molecule has 0 fully saturated rings. The van der Waals surface area contributed by atoms with Crippen LogP contribution < -0.4 is 0 Å². The Morgan fingerprint density at radius 1 is 1.24 bits per heavy atom. The molecule has 0 radical (unpaired) electrons. The quantitative estimate of drug-likeness (QED) is 0.641. The van der Waals surface area contributed by atoms with E-state index in [2.05, 4.69) is 0 Å². The predicted molar refractivity (Wildman–Crippen MR) is 80.3 cm³/mol. The molecule has 0 aliphatic rings. The number of non-ortho nitro benzene ring substituents is 1. The van der Waals surface area contributed by atoms with Crippen molar-refractivity contribution in [3.05, 3.63) is 74.8 Å². The lowest BCUT2D eigenvalue weighted by atomic mass is 10.1. The molecular weight excluding hydrogens is 292 g/mol. The van der Waals surface area contributed by atoms with Gasteiger partial charge in [-0.15, -0.1) is 0 Å². The zero-order valence-electron chi connectivity index (χ0n) is 11.3. The van der Waals surface area contributed by atoms with Gasteiger partial charge in [0.05, 0.1) is 4.92 Å². The molecule has 0 atom stereocenters. The molecular formula is C15H13ClN2O3. The van der Waals surface area contributed by atoms with Crippen LogP contribution in [0.2, 0.25) is 5.02 Å². The van der Waals surface area contributed by atoms with Crippen molar-refractivity contribution in [3.8, 4) is 0 Å². The van der Waals surface area contributed by atoms with Gasteiger partial charge in [-0.1, -0.05) is 29.8 Å². The van der Waals surface area contributed by atoms with Crippen LogP contribution in [-0.2, 0) is 6.54 Å². The lowest BCUT2D eigenvalue weighted by molar-refractivity contribution is -0.384. The Bertz CT molecular complexity index is 688. The van der Waals surface area contributed by atoms with Gasteiger partial charge in [-0.25, -0.2) is 0 Å². The fourth-order valence-electron chi connectivity index (χ4n) is 1.96. The van der Waals surface area contributed by atoms with Crippen LogP contribution in [0.15, 0.2) is 48.5 Å². The Morgan fingerprint density at radius 2 is 1.95 bits per heavy atom. The summed E-state index contributed by atoms with van der Waals surface area (Å²) < 4.78 is 0. The van der Waals surface area contributed by atoms with Crippen molar-refractivity contribution in [3.63, 3.8) is 0 Å². The highest BCUT2D eigenvalue weighted by molar-refractivity contribution is 6.30. The van der Waals surface area contributed by atoms with Crippen LogP contribution in [0.5, 0.6) is 0 Å². The predicted octanol–water partition coefficient (Wildman–Crippen LogP) is 3.52. The van der Waals surface area contributed by atoms with E-state index in [1.54, 1.807) is 43.4 Å². The molecule has 0 saturated heterocycles. The molecule has 0 N–H and O–H groups in total. The Balaban J connectivity index is 2.14. The summed E-state index contributed by atoms with van der Waals surface area (Å²) >= 11 is 5.86. The van der Waals surface area contributed by atoms with Gasteiger partial charge in [-0.2, -0.15) is 0 Å². The molecule has 0 aliphatic carbocycles. The third-order valence-corrected chi connectivity index (χ3v) is 3.19. The van der Waals surface area contributed by atoms with E-state index in [0.29, 0.717) is 16.1 Å². The number of carbonyl (C=O) groups is 1. The first-order valence-electron chi connectivity index (χ1n) is 6.22. The average Bonchev–Trinajstić information content (AvgIpc) is 2.46. The molecule has 0 spiro atoms. The van der Waals surface area contributed by atoms with Gasteiger partial charge in [0.2, 0.25) is 0 Å². The van der Waals surface area contributed by atoms with Gasteiger partial charge in [0.1, 0.15) is 0 Å². The van der Waals surface area contributed by atoms with Crippen molar-refractivity contribution in [2.24, 2.45) is 0 Å². The van der Waals surface area contributed by atoms with Crippen molar-refractivity contribution in [1.82, 2.24) is 4.90 Å². The number of carbonyl (C=O) groups excluding carboxylic acids is 1. The molecule has 5 nitrogen and oxygen atoms in total. The maximum Gasteiger partial charge on any atom is 0.269 e. The molecule has 0 saturated carbocycles. The van der Waals surface area contributed by atoms with E-state index in [1.165, 1.54) is 17.0 Å². The van der Waals surface area contributed by atoms with E-state index in [-0.39, 0.29) is 18.1 Å². The zero-order valence-corrected chi connectivity index (χ0v) is 12.1. The van der Waals surface area contributed by atoms with Gasteiger partial charge >= 0.3 is 0 Å². The Morgan fingerprint density at radius 3 is 2.62 bits per heavy atom. The second-order valence-corrected chi connectivity index (χ2v) is 5.04. The fraction of sp³-hybridized carbons (Fsp3) is 0.133. The Labute approximate surface area is 126 Å². The summed E-state index contributed by atoms with van der Waals surface area (Å²) in [6, 6.07) is 12.9. The molecule has 0 heterocycles. The third-order valence-electron chi connectivity index (χ3n) is 2.96. The normalized spacial score (nSPS) is 10.2. The largest absolute Gasteiger partial charge is 0.337 e. The maximum atomic E-state index is 12.3. The zero-order chi connectivity index (χ0) is 15.4. The number of hydrogen-bond acceptors (Lipinski definition) is 3. The summed E-state index contributed by atoms with van der Waals surface area (Å²) in [7, 11) is 1.64. The number of rotatable bonds is 4. The molecule has 108 valence electrons. The number of amides is 1. The average molecular weight is 305 g/mol. The summed E-state index contributed by atoms with van der Waals surface area (Å²) in [4.78, 5) is 24.0. The summed E-state index contributed by atoms with van der Waals surface area (Å²) in [6.07, 6.45) is 0. The highest BCUT2D eigenvalue weighted by Gasteiger charge is 2.13. The maximum absolute atomic E-state index is 12.3. The second kappa shape index (κ2) is 6.37. The van der Waals surface area contributed by atoms with Gasteiger partial charge in [0.25, 0.3) is 11.6 Å². The van der Waals surface area contributed by atoms with Crippen LogP contribution in [-0.4, -0.2) is 22.8 Å². The van der Waals surface area contributed by atoms with E-state index < -0.39 is 4.92 Å². The van der Waals surface area contributed by atoms with Gasteiger partial charge < -0.3 is 4.90 Å². The van der Waals surface area contributed by atoms with E-state index in [9.17, 15) is 14.9 Å². The Hall–Kier alpha value is -2.40. The molecule has 2 aromatic rings. The van der Waals surface area contributed by atoms with Crippen molar-refractivity contribution in [2.75, 3.05) is 7.05 Å². The highest BCUT2D eigenvalue weighted by Crippen LogP contribution is 2.16. The van der Waals surface area contributed by atoms with Crippen LogP contribution in [0.3, 0.4) is 0 Å². The van der Waals surface area contributed by atoms with Crippen molar-refractivity contribution in [1.29, 1.82) is 0 Å². The topological polar surface area (TPSA) is 63.4 Å². The summed E-state index contributed by atoms with van der Waals surface area (Å²) in [5, 5.41) is 11.2. The number of hydrogen-bond donors (Lipinski definition) is 0. The number of nitrogens with zero attached hydrogens (tertiary/aromatic N) is 2. The van der Waals surface area contributed by atoms with Gasteiger partial charge in [-0.05, 0) is 23.8 Å². The molecule has 2 aromatic carbocycles. The first-order chi connectivity index (χ1) is 9.97. The first-order valence-corrected chi connectivity index (χ1v) is 6.59. The number of nitro groups is 1. The van der Waals surface area contributed by atoms with Gasteiger partial charge in [-0.3, -0.25) is 14.9 Å². The lowest BCUT2D eigenvalue weighted by Gasteiger charge is -2.17. The smallest absolute Gasteiger partial charge is 0.269 e. The second-order valence-electron chi connectivity index (χ2n) is 4.60. The van der Waals surface area contributed by atoms with Crippen LogP contribution in [0.1, 0.15) is 15.9 Å². The monoisotopic (exact) mass is 304 g/mol. The lowest BCUT2D eigenvalue weighted by Crippen LogP contribution is -2.26. The number of benzene rings is 2. The number of nitro benzene ring substituents is 1. The molecule has 0 bridgehead atoms. The van der Waals surface area contributed by atoms with E-state index in [4.69, 9.17) is 11.6 Å². The van der Waals surface area contributed by atoms with E-state index in [1.807, 2.05) is 0 Å². The third kappa shape index (κ3) is 3.79. The highest BCUT2D eigenvalue weighted by atomic mass is 35.5. The molecule has 1 amide bonds. The van der Waals surface area contributed by atoms with Gasteiger partial charge in [0, 0.05) is 36.3 Å². The van der Waals surface area contributed by atoms with E-state index >= 15 is 0 Å². The molecule has 2 rings (SSSR count). The van der Waals surface area contributed by atoms with Crippen LogP contribution >= 0.6 is 11.6 Å². The minimum absolute atomic E-state index is 0.0103. The van der Waals surface area contributed by atoms with Crippen molar-refractivity contribution in [2.45, 2.75) is 6.54 Å². The van der Waals surface area contributed by atoms with Crippen LogP contribution in [0, 0.1) is 10.1 Å². The minimum atomic E-state index is -0.456. The van der Waals surface area contributed by atoms with E-state index in [0.717, 1.165) is 0 Å². The molecule has 0 aromatic heterocycles. The first kappa shape index (κ1) is 15.0. The summed E-state index contributed by atoms with van der Waals surface area (Å²) in [6.45, 7) is 0.285. The van der Waals surface area contributed by atoms with Crippen LogP contribution in [0.4, 0.5) is 5.69 Å². The number of halogens is 1. The molecule has 0 aliphatic heterocycles. The van der Waals surface area contributed by atoms with Gasteiger partial charge in [0.15, 0.2) is 0 Å². The summed E-state index contributed by atoms with van der Waals surface area (Å²) in [5.74, 6) is -0.191. The SMILES string of the molecule is CN(Cc1cccc([N+](=O)[O-])c1)C(=O)c1cccc(Cl)c1. The molecule has 6 heteroatoms. The van der Waals surface area contributed by atoms with Crippen LogP contribution in [0.25, 0.3) is 0 Å².